The zero-order valence-corrected chi connectivity index (χ0v) is 12.5. The van der Waals surface area contributed by atoms with Gasteiger partial charge in [-0.2, -0.15) is 0 Å². The number of hydrogen-bond donors (Lipinski definition) is 1. The van der Waals surface area contributed by atoms with Crippen molar-refractivity contribution in [2.45, 2.75) is 62.1 Å². The molecule has 0 radical (unpaired) electrons. The third kappa shape index (κ3) is 2.49. The summed E-state index contributed by atoms with van der Waals surface area (Å²) in [6.45, 7) is 2.55. The Morgan fingerprint density at radius 2 is 2.15 bits per heavy atom. The van der Waals surface area contributed by atoms with Crippen molar-refractivity contribution in [1.29, 1.82) is 0 Å². The van der Waals surface area contributed by atoms with Gasteiger partial charge in [0.1, 0.15) is 5.82 Å². The molecule has 3 rings (SSSR count). The molecule has 1 aromatic rings. The van der Waals surface area contributed by atoms with Crippen molar-refractivity contribution in [3.63, 3.8) is 0 Å². The summed E-state index contributed by atoms with van der Waals surface area (Å²) in [6, 6.07) is 0.254. The minimum absolute atomic E-state index is 0.00137. The highest BCUT2D eigenvalue weighted by atomic mass is 32.2. The maximum atomic E-state index is 11.4. The topological polar surface area (TPSA) is 87.2 Å². The largest absolute Gasteiger partial charge is 0.375 e. The Labute approximate surface area is 119 Å². The van der Waals surface area contributed by atoms with E-state index in [4.69, 9.17) is 9.88 Å². The zero-order valence-electron chi connectivity index (χ0n) is 11.7. The lowest BCUT2D eigenvalue weighted by atomic mass is 9.89. The van der Waals surface area contributed by atoms with Gasteiger partial charge in [0.05, 0.1) is 5.60 Å². The lowest BCUT2D eigenvalue weighted by molar-refractivity contribution is -0.0897. The smallest absolute Gasteiger partial charge is 0.257 e. The molecule has 1 saturated heterocycles. The molecule has 1 aliphatic carbocycles. The molecular formula is C13H21N3O3S. The molecule has 1 saturated carbocycles. The number of nitrogens with two attached hydrogens (primary N) is 1. The minimum atomic E-state index is -3.73. The van der Waals surface area contributed by atoms with Crippen LogP contribution in [0.15, 0.2) is 11.2 Å². The molecule has 2 N–H and O–H groups in total. The average Bonchev–Trinajstić information content (AvgIpc) is 2.96. The van der Waals surface area contributed by atoms with Crippen LogP contribution >= 0.6 is 0 Å². The van der Waals surface area contributed by atoms with Crippen LogP contribution in [-0.4, -0.2) is 30.2 Å². The monoisotopic (exact) mass is 299 g/mol. The minimum Gasteiger partial charge on any atom is -0.375 e. The van der Waals surface area contributed by atoms with Crippen LogP contribution in [0.3, 0.4) is 0 Å². The Morgan fingerprint density at radius 3 is 2.75 bits per heavy atom. The van der Waals surface area contributed by atoms with Gasteiger partial charge in [-0.1, -0.05) is 12.8 Å². The molecule has 1 unspecified atom stereocenters. The Morgan fingerprint density at radius 1 is 1.45 bits per heavy atom. The molecule has 0 amide bonds. The third-order valence-electron chi connectivity index (χ3n) is 4.56. The standard InChI is InChI=1S/C13H21N3O3S/c1-10-15-12(20(14,17)18)9-16(10)11-4-7-19-13(8-11)5-2-3-6-13/h9,11H,2-8H2,1H3,(H2,14,17,18). The van der Waals surface area contributed by atoms with Crippen molar-refractivity contribution < 1.29 is 13.2 Å². The molecule has 0 aromatic carbocycles. The van der Waals surface area contributed by atoms with E-state index in [1.807, 2.05) is 11.5 Å². The van der Waals surface area contributed by atoms with E-state index < -0.39 is 10.0 Å². The van der Waals surface area contributed by atoms with Crippen molar-refractivity contribution in [1.82, 2.24) is 9.55 Å². The molecule has 1 atom stereocenters. The van der Waals surface area contributed by atoms with Gasteiger partial charge in [-0.3, -0.25) is 0 Å². The summed E-state index contributed by atoms with van der Waals surface area (Å²) in [6.07, 6.45) is 8.06. The van der Waals surface area contributed by atoms with E-state index in [-0.39, 0.29) is 16.7 Å². The van der Waals surface area contributed by atoms with E-state index in [0.717, 1.165) is 32.3 Å². The van der Waals surface area contributed by atoms with Crippen molar-refractivity contribution >= 4 is 10.0 Å². The fourth-order valence-corrected chi connectivity index (χ4v) is 4.09. The molecule has 1 aliphatic heterocycles. The first kappa shape index (κ1) is 14.0. The first-order chi connectivity index (χ1) is 9.40. The van der Waals surface area contributed by atoms with Gasteiger partial charge in [0, 0.05) is 18.8 Å². The number of aryl methyl sites for hydroxylation is 1. The van der Waals surface area contributed by atoms with Crippen LogP contribution < -0.4 is 5.14 Å². The zero-order chi connectivity index (χ0) is 14.4. The van der Waals surface area contributed by atoms with Gasteiger partial charge in [0.2, 0.25) is 0 Å². The number of hydrogen-bond acceptors (Lipinski definition) is 4. The number of rotatable bonds is 2. The Hall–Kier alpha value is -0.920. The molecule has 6 nitrogen and oxygen atoms in total. The van der Waals surface area contributed by atoms with E-state index in [1.165, 1.54) is 12.8 Å². The molecule has 112 valence electrons. The summed E-state index contributed by atoms with van der Waals surface area (Å²) in [5.74, 6) is 0.703. The predicted molar refractivity (Wildman–Crippen MR) is 73.8 cm³/mol. The van der Waals surface area contributed by atoms with Gasteiger partial charge < -0.3 is 9.30 Å². The lowest BCUT2D eigenvalue weighted by Gasteiger charge is -2.39. The van der Waals surface area contributed by atoms with Gasteiger partial charge in [0.25, 0.3) is 10.0 Å². The molecule has 2 heterocycles. The van der Waals surface area contributed by atoms with E-state index >= 15 is 0 Å². The Kier molecular flexibility index (Phi) is 3.38. The second-order valence-corrected chi connectivity index (χ2v) is 7.47. The van der Waals surface area contributed by atoms with Crippen LogP contribution in [0.4, 0.5) is 0 Å². The van der Waals surface area contributed by atoms with Gasteiger partial charge in [0.15, 0.2) is 5.03 Å². The third-order valence-corrected chi connectivity index (χ3v) is 5.34. The molecule has 0 bridgehead atoms. The molecule has 2 fully saturated rings. The number of nitrogens with zero attached hydrogens (tertiary/aromatic N) is 2. The summed E-state index contributed by atoms with van der Waals surface area (Å²) >= 11 is 0. The van der Waals surface area contributed by atoms with E-state index in [0.29, 0.717) is 5.82 Å². The summed E-state index contributed by atoms with van der Waals surface area (Å²) in [4.78, 5) is 4.08. The van der Waals surface area contributed by atoms with Gasteiger partial charge in [-0.15, -0.1) is 0 Å². The van der Waals surface area contributed by atoms with Crippen LogP contribution in [0, 0.1) is 6.92 Å². The van der Waals surface area contributed by atoms with Crippen LogP contribution in [0.5, 0.6) is 0 Å². The van der Waals surface area contributed by atoms with Crippen molar-refractivity contribution in [3.8, 4) is 0 Å². The maximum Gasteiger partial charge on any atom is 0.257 e. The summed E-state index contributed by atoms with van der Waals surface area (Å²) in [7, 11) is -3.73. The maximum absolute atomic E-state index is 11.4. The molecule has 1 aromatic heterocycles. The SMILES string of the molecule is Cc1nc(S(N)(=O)=O)cn1C1CCOC2(CCCC2)C1. The van der Waals surface area contributed by atoms with Crippen molar-refractivity contribution in [2.75, 3.05) is 6.61 Å². The van der Waals surface area contributed by atoms with Crippen molar-refractivity contribution in [3.05, 3.63) is 12.0 Å². The second-order valence-electron chi connectivity index (χ2n) is 5.96. The normalized spacial score (nSPS) is 26.2. The summed E-state index contributed by atoms with van der Waals surface area (Å²) in [5, 5.41) is 5.12. The van der Waals surface area contributed by atoms with Gasteiger partial charge in [-0.05, 0) is 32.6 Å². The molecule has 2 aliphatic rings. The number of primary sulfonamides is 1. The molecule has 1 spiro atoms. The number of aromatic nitrogens is 2. The highest BCUT2D eigenvalue weighted by molar-refractivity contribution is 7.89. The Balaban J connectivity index is 1.87. The van der Waals surface area contributed by atoms with Gasteiger partial charge in [-0.25, -0.2) is 18.5 Å². The lowest BCUT2D eigenvalue weighted by Crippen LogP contribution is -2.38. The number of sulfonamides is 1. The highest BCUT2D eigenvalue weighted by Crippen LogP contribution is 2.43. The van der Waals surface area contributed by atoms with E-state index in [2.05, 4.69) is 4.98 Å². The van der Waals surface area contributed by atoms with Gasteiger partial charge >= 0.3 is 0 Å². The van der Waals surface area contributed by atoms with Crippen LogP contribution in [0.2, 0.25) is 0 Å². The first-order valence-corrected chi connectivity index (χ1v) is 8.67. The van der Waals surface area contributed by atoms with Crippen LogP contribution in [0.1, 0.15) is 50.4 Å². The molecular weight excluding hydrogens is 278 g/mol. The fraction of sp³-hybridized carbons (Fsp3) is 0.769. The van der Waals surface area contributed by atoms with E-state index in [1.54, 1.807) is 6.20 Å². The second kappa shape index (κ2) is 4.82. The summed E-state index contributed by atoms with van der Waals surface area (Å²) in [5.41, 5.74) is 0.00137. The summed E-state index contributed by atoms with van der Waals surface area (Å²) < 4.78 is 30.8. The number of ether oxygens (including phenoxy) is 1. The van der Waals surface area contributed by atoms with Crippen molar-refractivity contribution in [2.24, 2.45) is 5.14 Å². The quantitative estimate of drug-likeness (QED) is 0.896. The Bertz CT molecular complexity index is 602. The van der Waals surface area contributed by atoms with Crippen LogP contribution in [0.25, 0.3) is 0 Å². The van der Waals surface area contributed by atoms with E-state index in [9.17, 15) is 8.42 Å². The molecule has 7 heteroatoms. The fourth-order valence-electron chi connectivity index (χ4n) is 3.57. The number of imidazole rings is 1. The highest BCUT2D eigenvalue weighted by Gasteiger charge is 2.40. The predicted octanol–water partition coefficient (Wildman–Crippen LogP) is 1.50. The van der Waals surface area contributed by atoms with Crippen LogP contribution in [-0.2, 0) is 14.8 Å². The first-order valence-electron chi connectivity index (χ1n) is 7.12. The molecule has 20 heavy (non-hydrogen) atoms. The average molecular weight is 299 g/mol.